The van der Waals surface area contributed by atoms with E-state index in [1.54, 1.807) is 23.1 Å². The number of benzene rings is 2. The van der Waals surface area contributed by atoms with E-state index in [0.717, 1.165) is 53.8 Å². The third-order valence-corrected chi connectivity index (χ3v) is 8.17. The number of anilines is 1. The van der Waals surface area contributed by atoms with Gasteiger partial charge in [0.25, 0.3) is 0 Å². The second kappa shape index (κ2) is 8.06. The summed E-state index contributed by atoms with van der Waals surface area (Å²) in [4.78, 5) is 20.7. The molecule has 8 heteroatoms. The van der Waals surface area contributed by atoms with Crippen LogP contribution in [0.5, 0.6) is 0 Å². The Kier molecular flexibility index (Phi) is 5.41. The van der Waals surface area contributed by atoms with Gasteiger partial charge in [-0.25, -0.2) is 12.8 Å². The van der Waals surface area contributed by atoms with Gasteiger partial charge >= 0.3 is 0 Å². The molecule has 0 spiro atoms. The quantitative estimate of drug-likeness (QED) is 0.595. The number of aromatic nitrogens is 1. The second-order valence-corrected chi connectivity index (χ2v) is 11.7. The minimum atomic E-state index is -3.34. The minimum Gasteiger partial charge on any atom is -0.360 e. The molecule has 3 aromatic rings. The Morgan fingerprint density at radius 2 is 1.91 bits per heavy atom. The lowest BCUT2D eigenvalue weighted by Crippen LogP contribution is -2.42. The van der Waals surface area contributed by atoms with Gasteiger partial charge in [0.2, 0.25) is 5.91 Å². The highest BCUT2D eigenvalue weighted by molar-refractivity contribution is 7.90. The summed E-state index contributed by atoms with van der Waals surface area (Å²) in [6.45, 7) is 6.60. The van der Waals surface area contributed by atoms with Gasteiger partial charge in [0, 0.05) is 60.8 Å². The van der Waals surface area contributed by atoms with E-state index in [0.29, 0.717) is 6.54 Å². The first-order chi connectivity index (χ1) is 16.1. The van der Waals surface area contributed by atoms with Crippen molar-refractivity contribution < 1.29 is 17.6 Å². The van der Waals surface area contributed by atoms with Crippen molar-refractivity contribution in [2.75, 3.05) is 37.3 Å². The number of hydrogen-bond donors (Lipinski definition) is 1. The summed E-state index contributed by atoms with van der Waals surface area (Å²) in [6, 6.07) is 9.80. The first kappa shape index (κ1) is 22.8. The maximum Gasteiger partial charge on any atom is 0.237 e. The zero-order valence-electron chi connectivity index (χ0n) is 19.6. The van der Waals surface area contributed by atoms with Crippen LogP contribution < -0.4 is 4.90 Å². The third kappa shape index (κ3) is 3.84. The molecule has 0 saturated heterocycles. The normalized spacial score (nSPS) is 18.4. The molecular weight excluding hydrogens is 453 g/mol. The summed E-state index contributed by atoms with van der Waals surface area (Å²) in [7, 11) is -3.34. The van der Waals surface area contributed by atoms with E-state index in [-0.39, 0.29) is 16.6 Å². The van der Waals surface area contributed by atoms with Gasteiger partial charge in [-0.1, -0.05) is 6.08 Å². The van der Waals surface area contributed by atoms with E-state index in [1.807, 2.05) is 26.1 Å². The number of nitrogens with one attached hydrogen (secondary N) is 1. The van der Waals surface area contributed by atoms with Crippen LogP contribution in [0.1, 0.15) is 31.4 Å². The molecule has 1 aromatic heterocycles. The van der Waals surface area contributed by atoms with Crippen LogP contribution in [0.4, 0.5) is 10.1 Å². The average Bonchev–Trinajstić information content (AvgIpc) is 3.29. The lowest BCUT2D eigenvalue weighted by atomic mass is 9.86. The van der Waals surface area contributed by atoms with Gasteiger partial charge in [0.05, 0.1) is 10.3 Å². The van der Waals surface area contributed by atoms with Crippen LogP contribution in [-0.4, -0.2) is 56.6 Å². The Morgan fingerprint density at radius 1 is 1.12 bits per heavy atom. The molecule has 0 fully saturated rings. The molecule has 178 valence electrons. The summed E-state index contributed by atoms with van der Waals surface area (Å²) in [5.74, 6) is -0.258. The van der Waals surface area contributed by atoms with Gasteiger partial charge in [-0.15, -0.1) is 0 Å². The zero-order chi connectivity index (χ0) is 24.3. The number of aromatic amines is 1. The maximum absolute atomic E-state index is 13.5. The number of H-pyrrole nitrogens is 1. The van der Waals surface area contributed by atoms with Gasteiger partial charge in [0.15, 0.2) is 9.84 Å². The highest BCUT2D eigenvalue weighted by Crippen LogP contribution is 2.42. The zero-order valence-corrected chi connectivity index (χ0v) is 20.4. The van der Waals surface area contributed by atoms with Crippen molar-refractivity contribution in [2.24, 2.45) is 0 Å². The molecule has 0 bridgehead atoms. The predicted molar refractivity (Wildman–Crippen MR) is 132 cm³/mol. The van der Waals surface area contributed by atoms with Crippen molar-refractivity contribution in [3.63, 3.8) is 0 Å². The van der Waals surface area contributed by atoms with E-state index in [4.69, 9.17) is 0 Å². The summed E-state index contributed by atoms with van der Waals surface area (Å²) in [5.41, 5.74) is 3.94. The molecule has 6 nitrogen and oxygen atoms in total. The number of sulfone groups is 1. The summed E-state index contributed by atoms with van der Waals surface area (Å²) in [6.07, 6.45) is 6.21. The average molecular weight is 482 g/mol. The van der Waals surface area contributed by atoms with Crippen molar-refractivity contribution in [3.8, 4) is 0 Å². The Morgan fingerprint density at radius 3 is 2.62 bits per heavy atom. The van der Waals surface area contributed by atoms with Crippen molar-refractivity contribution >= 4 is 37.9 Å². The van der Waals surface area contributed by atoms with Crippen LogP contribution in [0, 0.1) is 5.82 Å². The Balaban J connectivity index is 1.30. The Hall–Kier alpha value is -2.97. The number of carbonyl (C=O) groups excluding carboxylic acids is 1. The molecular formula is C26H28FN3O3S. The Labute approximate surface area is 199 Å². The molecule has 3 heterocycles. The molecule has 2 aromatic carbocycles. The molecule has 2 aliphatic heterocycles. The maximum atomic E-state index is 13.5. The summed E-state index contributed by atoms with van der Waals surface area (Å²) >= 11 is 0. The molecule has 0 aliphatic carbocycles. The fourth-order valence-corrected chi connectivity index (χ4v) is 5.68. The van der Waals surface area contributed by atoms with Crippen LogP contribution in [0.15, 0.2) is 53.6 Å². The van der Waals surface area contributed by atoms with Gasteiger partial charge in [-0.05, 0) is 67.8 Å². The molecule has 0 unspecified atom stereocenters. The standard InChI is InChI=1S/C26H28FN3O3S/c1-26(2)22-15-19(34(3,32)33)5-7-24(22)30(25(26)31)13-12-29-10-8-17(9-11-29)21-16-28-23-14-18(27)4-6-20(21)23/h4-8,14-16,28H,9-13H2,1-3H3. The van der Waals surface area contributed by atoms with Crippen molar-refractivity contribution in [1.82, 2.24) is 9.88 Å². The molecule has 0 atom stereocenters. The molecule has 2 aliphatic rings. The third-order valence-electron chi connectivity index (χ3n) is 7.06. The lowest BCUT2D eigenvalue weighted by molar-refractivity contribution is -0.122. The number of halogens is 1. The summed E-state index contributed by atoms with van der Waals surface area (Å²) < 4.78 is 37.5. The van der Waals surface area contributed by atoms with Crippen LogP contribution in [0.25, 0.3) is 16.5 Å². The fraction of sp³-hybridized carbons (Fsp3) is 0.346. The molecule has 1 N–H and O–H groups in total. The van der Waals surface area contributed by atoms with E-state index in [1.165, 1.54) is 24.0 Å². The predicted octanol–water partition coefficient (Wildman–Crippen LogP) is 4.12. The minimum absolute atomic E-state index is 0.00702. The van der Waals surface area contributed by atoms with E-state index < -0.39 is 15.3 Å². The first-order valence-electron chi connectivity index (χ1n) is 11.4. The van der Waals surface area contributed by atoms with Crippen LogP contribution in [0.2, 0.25) is 0 Å². The number of nitrogens with zero attached hydrogens (tertiary/aromatic N) is 2. The van der Waals surface area contributed by atoms with Gasteiger partial charge < -0.3 is 9.88 Å². The van der Waals surface area contributed by atoms with Crippen molar-refractivity contribution in [1.29, 1.82) is 0 Å². The van der Waals surface area contributed by atoms with Crippen molar-refractivity contribution in [3.05, 3.63) is 65.6 Å². The van der Waals surface area contributed by atoms with Crippen LogP contribution in [0.3, 0.4) is 0 Å². The molecule has 1 amide bonds. The van der Waals surface area contributed by atoms with E-state index >= 15 is 0 Å². The van der Waals surface area contributed by atoms with Crippen LogP contribution >= 0.6 is 0 Å². The first-order valence-corrected chi connectivity index (χ1v) is 13.3. The summed E-state index contributed by atoms with van der Waals surface area (Å²) in [5, 5.41) is 1.02. The number of fused-ring (bicyclic) bond motifs is 2. The highest BCUT2D eigenvalue weighted by Gasteiger charge is 2.44. The van der Waals surface area contributed by atoms with Gasteiger partial charge in [-0.3, -0.25) is 9.69 Å². The number of rotatable bonds is 5. The fourth-order valence-electron chi connectivity index (χ4n) is 5.03. The monoisotopic (exact) mass is 481 g/mol. The topological polar surface area (TPSA) is 73.5 Å². The SMILES string of the molecule is CC1(C)C(=O)N(CCN2CC=C(c3c[nH]c4cc(F)ccc34)CC2)c2ccc(S(C)(=O)=O)cc21. The largest absolute Gasteiger partial charge is 0.360 e. The number of carbonyl (C=O) groups is 1. The number of amides is 1. The molecule has 5 rings (SSSR count). The second-order valence-electron chi connectivity index (χ2n) is 9.71. The smallest absolute Gasteiger partial charge is 0.237 e. The molecule has 0 radical (unpaired) electrons. The van der Waals surface area contributed by atoms with Gasteiger partial charge in [-0.2, -0.15) is 0 Å². The van der Waals surface area contributed by atoms with Gasteiger partial charge in [0.1, 0.15) is 5.82 Å². The highest BCUT2D eigenvalue weighted by atomic mass is 32.2. The number of hydrogen-bond acceptors (Lipinski definition) is 4. The van der Waals surface area contributed by atoms with Crippen LogP contribution in [-0.2, 0) is 20.0 Å². The molecule has 34 heavy (non-hydrogen) atoms. The van der Waals surface area contributed by atoms with E-state index in [2.05, 4.69) is 16.0 Å². The lowest BCUT2D eigenvalue weighted by Gasteiger charge is -2.29. The van der Waals surface area contributed by atoms with E-state index in [9.17, 15) is 17.6 Å². The van der Waals surface area contributed by atoms with Crippen molar-refractivity contribution in [2.45, 2.75) is 30.6 Å². The Bertz CT molecular complexity index is 1440. The molecule has 0 saturated carbocycles.